The maximum Gasteiger partial charge on any atom is 0.173 e. The summed E-state index contributed by atoms with van der Waals surface area (Å²) in [5, 5.41) is 0.365. The van der Waals surface area contributed by atoms with Crippen molar-refractivity contribution in [3.8, 4) is 0 Å². The largest absolute Gasteiger partial charge is 0.293 e. The van der Waals surface area contributed by atoms with Gasteiger partial charge in [-0.1, -0.05) is 15.9 Å². The van der Waals surface area contributed by atoms with Crippen LogP contribution in [0.2, 0.25) is 0 Å². The number of hydrogen-bond donors (Lipinski definition) is 2. The van der Waals surface area contributed by atoms with E-state index in [1.165, 1.54) is 0 Å². The Balaban J connectivity index is 2.84. The fourth-order valence-electron chi connectivity index (χ4n) is 0.851. The normalized spacial score (nSPS) is 9.50. The smallest absolute Gasteiger partial charge is 0.173 e. The Morgan fingerprint density at radius 2 is 2.00 bits per heavy atom. The van der Waals surface area contributed by atoms with Gasteiger partial charge in [0.2, 0.25) is 0 Å². The van der Waals surface area contributed by atoms with Crippen molar-refractivity contribution in [2.24, 2.45) is 0 Å². The van der Waals surface area contributed by atoms with Gasteiger partial charge in [-0.25, -0.2) is 5.43 Å². The van der Waals surface area contributed by atoms with E-state index < -0.39 is 0 Å². The molecule has 0 radical (unpaired) electrons. The number of rotatable bonds is 3. The number of alkyl halides is 1. The lowest BCUT2D eigenvalue weighted by Gasteiger charge is -1.98. The first kappa shape index (κ1) is 9.22. The monoisotopic (exact) mass is 229 g/mol. The van der Waals surface area contributed by atoms with E-state index in [4.69, 9.17) is 0 Å². The van der Waals surface area contributed by atoms with Gasteiger partial charge in [0.15, 0.2) is 5.78 Å². The number of halogens is 1. The lowest BCUT2D eigenvalue weighted by atomic mass is 10.1. The number of benzene rings is 1. The molecule has 4 N–H and O–H groups in total. The molecule has 0 fully saturated rings. The van der Waals surface area contributed by atoms with Crippen molar-refractivity contribution < 1.29 is 10.6 Å². The van der Waals surface area contributed by atoms with E-state index in [2.05, 4.69) is 27.2 Å². The topological polar surface area (TPSA) is 56.7 Å². The molecule has 4 heteroatoms. The molecule has 0 unspecified atom stereocenters. The predicted molar refractivity (Wildman–Crippen MR) is 51.1 cm³/mol. The molecule has 0 aliphatic heterocycles. The van der Waals surface area contributed by atoms with Gasteiger partial charge in [-0.15, -0.1) is 0 Å². The third kappa shape index (κ3) is 2.06. The van der Waals surface area contributed by atoms with Crippen LogP contribution in [0.3, 0.4) is 0 Å². The van der Waals surface area contributed by atoms with E-state index in [1.807, 2.05) is 12.1 Å². The van der Waals surface area contributed by atoms with Crippen LogP contribution in [-0.2, 0) is 0 Å². The molecule has 0 amide bonds. The Morgan fingerprint density at radius 1 is 1.42 bits per heavy atom. The average Bonchev–Trinajstić information content (AvgIpc) is 2.17. The van der Waals surface area contributed by atoms with Gasteiger partial charge < -0.3 is 0 Å². The molecular formula is C8H10BrN2O+. The van der Waals surface area contributed by atoms with Crippen molar-refractivity contribution in [1.29, 1.82) is 0 Å². The molecule has 3 nitrogen and oxygen atoms in total. The second-order valence-electron chi connectivity index (χ2n) is 2.31. The zero-order valence-electron chi connectivity index (χ0n) is 6.51. The van der Waals surface area contributed by atoms with Crippen molar-refractivity contribution in [2.75, 3.05) is 10.8 Å². The number of Topliss-reactive ketones (excluding diaryl/α,β-unsaturated/α-hetero) is 1. The maximum absolute atomic E-state index is 11.1. The van der Waals surface area contributed by atoms with Crippen molar-refractivity contribution >= 4 is 27.4 Å². The van der Waals surface area contributed by atoms with Gasteiger partial charge in [0.1, 0.15) is 0 Å². The van der Waals surface area contributed by atoms with Crippen LogP contribution in [0.1, 0.15) is 10.4 Å². The quantitative estimate of drug-likeness (QED) is 0.459. The van der Waals surface area contributed by atoms with Crippen LogP contribution < -0.4 is 11.3 Å². The van der Waals surface area contributed by atoms with Crippen molar-refractivity contribution in [3.05, 3.63) is 29.8 Å². The second kappa shape index (κ2) is 4.23. The molecule has 0 saturated heterocycles. The third-order valence-corrected chi connectivity index (χ3v) is 2.04. The fourth-order valence-corrected chi connectivity index (χ4v) is 1.17. The predicted octanol–water partition coefficient (Wildman–Crippen LogP) is 0.833. The SMILES string of the molecule is [NH3+]Nc1ccc(C(=O)CBr)cc1. The minimum Gasteiger partial charge on any atom is -0.293 e. The highest BCUT2D eigenvalue weighted by Gasteiger charge is 2.02. The Labute approximate surface area is 79.1 Å². The molecule has 0 atom stereocenters. The van der Waals surface area contributed by atoms with Crippen LogP contribution in [0.5, 0.6) is 0 Å². The molecule has 1 rings (SSSR count). The summed E-state index contributed by atoms with van der Waals surface area (Å²) in [5.74, 6) is 3.59. The van der Waals surface area contributed by atoms with Gasteiger partial charge in [0.25, 0.3) is 0 Å². The summed E-state index contributed by atoms with van der Waals surface area (Å²) in [4.78, 5) is 11.1. The lowest BCUT2D eigenvalue weighted by Crippen LogP contribution is -2.56. The number of anilines is 1. The van der Waals surface area contributed by atoms with Crippen molar-refractivity contribution in [3.63, 3.8) is 0 Å². The summed E-state index contributed by atoms with van der Waals surface area (Å²) in [6.07, 6.45) is 0. The molecule has 0 aliphatic rings. The fraction of sp³-hybridized carbons (Fsp3) is 0.125. The van der Waals surface area contributed by atoms with Crippen molar-refractivity contribution in [2.45, 2.75) is 0 Å². The Hall–Kier alpha value is -0.870. The zero-order chi connectivity index (χ0) is 8.97. The highest BCUT2D eigenvalue weighted by molar-refractivity contribution is 9.09. The van der Waals surface area contributed by atoms with E-state index in [-0.39, 0.29) is 5.78 Å². The van der Waals surface area contributed by atoms with E-state index in [0.29, 0.717) is 10.9 Å². The molecule has 12 heavy (non-hydrogen) atoms. The van der Waals surface area contributed by atoms with Crippen LogP contribution in [0, 0.1) is 0 Å². The molecular weight excluding hydrogens is 220 g/mol. The molecule has 0 bridgehead atoms. The zero-order valence-corrected chi connectivity index (χ0v) is 8.10. The summed E-state index contributed by atoms with van der Waals surface area (Å²) >= 11 is 3.11. The third-order valence-electron chi connectivity index (χ3n) is 1.53. The van der Waals surface area contributed by atoms with Gasteiger partial charge in [0, 0.05) is 5.56 Å². The number of nitrogens with one attached hydrogen (secondary N) is 1. The molecule has 0 saturated carbocycles. The number of carbonyl (C=O) groups is 1. The Morgan fingerprint density at radius 3 is 2.42 bits per heavy atom. The summed E-state index contributed by atoms with van der Waals surface area (Å²) < 4.78 is 0. The highest BCUT2D eigenvalue weighted by Crippen LogP contribution is 2.08. The lowest BCUT2D eigenvalue weighted by molar-refractivity contribution is -0.325. The molecule has 0 aromatic heterocycles. The van der Waals surface area contributed by atoms with Gasteiger partial charge in [0.05, 0.1) is 11.0 Å². The molecule has 1 aromatic rings. The van der Waals surface area contributed by atoms with Gasteiger partial charge in [-0.3, -0.25) is 10.6 Å². The Bertz CT molecular complexity index is 271. The first-order valence-electron chi connectivity index (χ1n) is 3.50. The van der Waals surface area contributed by atoms with Crippen LogP contribution in [0.25, 0.3) is 0 Å². The van der Waals surface area contributed by atoms with Gasteiger partial charge >= 0.3 is 0 Å². The summed E-state index contributed by atoms with van der Waals surface area (Å²) in [7, 11) is 0. The van der Waals surface area contributed by atoms with Crippen LogP contribution in [0.4, 0.5) is 5.69 Å². The molecule has 0 spiro atoms. The van der Waals surface area contributed by atoms with E-state index in [0.717, 1.165) is 5.69 Å². The standard InChI is InChI=1S/C8H9BrN2O/c9-5-8(12)6-1-3-7(11-10)4-2-6/h1-4,11H,5,10H2/p+1. The maximum atomic E-state index is 11.1. The van der Waals surface area contributed by atoms with Crippen LogP contribution in [-0.4, -0.2) is 11.1 Å². The minimum absolute atomic E-state index is 0.0885. The summed E-state index contributed by atoms with van der Waals surface area (Å²) in [6.45, 7) is 0. The Kier molecular flexibility index (Phi) is 3.25. The number of quaternary nitrogens is 1. The highest BCUT2D eigenvalue weighted by atomic mass is 79.9. The first-order valence-corrected chi connectivity index (χ1v) is 4.62. The second-order valence-corrected chi connectivity index (χ2v) is 2.87. The number of hydrogen-bond acceptors (Lipinski definition) is 2. The first-order chi connectivity index (χ1) is 5.77. The summed E-state index contributed by atoms with van der Waals surface area (Å²) in [6, 6.07) is 7.19. The minimum atomic E-state index is 0.0885. The average molecular weight is 230 g/mol. The van der Waals surface area contributed by atoms with E-state index >= 15 is 0 Å². The number of ketones is 1. The van der Waals surface area contributed by atoms with E-state index in [9.17, 15) is 4.79 Å². The molecule has 1 aromatic carbocycles. The van der Waals surface area contributed by atoms with Crippen molar-refractivity contribution in [1.82, 2.24) is 0 Å². The summed E-state index contributed by atoms with van der Waals surface area (Å²) in [5.41, 5.74) is 4.36. The van der Waals surface area contributed by atoms with E-state index in [1.54, 1.807) is 12.1 Å². The van der Waals surface area contributed by atoms with Gasteiger partial charge in [-0.05, 0) is 24.3 Å². The molecule has 0 heterocycles. The van der Waals surface area contributed by atoms with Crippen LogP contribution >= 0.6 is 15.9 Å². The number of carbonyl (C=O) groups excluding carboxylic acids is 1. The van der Waals surface area contributed by atoms with Crippen LogP contribution in [0.15, 0.2) is 24.3 Å². The molecule has 64 valence electrons. The molecule has 0 aliphatic carbocycles. The van der Waals surface area contributed by atoms with Gasteiger partial charge in [-0.2, -0.15) is 0 Å².